The van der Waals surface area contributed by atoms with E-state index in [1.807, 2.05) is 31.2 Å². The number of hydrogen-bond acceptors (Lipinski definition) is 3. The minimum absolute atomic E-state index is 0.0719. The smallest absolute Gasteiger partial charge is 0.223 e. The van der Waals surface area contributed by atoms with Gasteiger partial charge in [0.1, 0.15) is 11.5 Å². The van der Waals surface area contributed by atoms with Gasteiger partial charge in [-0.25, -0.2) is 0 Å². The van der Waals surface area contributed by atoms with Gasteiger partial charge in [-0.05, 0) is 37.3 Å². The van der Waals surface area contributed by atoms with Gasteiger partial charge in [-0.3, -0.25) is 4.79 Å². The van der Waals surface area contributed by atoms with Crippen molar-refractivity contribution >= 4 is 17.5 Å². The largest absolute Gasteiger partial charge is 0.496 e. The SMILES string of the molecule is COc1ccccc1C(C)NC(=O)CCOc1ccc(Cl)cc1. The summed E-state index contributed by atoms with van der Waals surface area (Å²) in [4.78, 5) is 12.0. The van der Waals surface area contributed by atoms with Crippen LogP contribution in [0.1, 0.15) is 24.9 Å². The third kappa shape index (κ3) is 5.18. The molecule has 4 nitrogen and oxygen atoms in total. The zero-order chi connectivity index (χ0) is 16.7. The first kappa shape index (κ1) is 17.2. The second kappa shape index (κ2) is 8.44. The molecule has 0 aliphatic rings. The van der Waals surface area contributed by atoms with Crippen LogP contribution < -0.4 is 14.8 Å². The van der Waals surface area contributed by atoms with Crippen molar-refractivity contribution < 1.29 is 14.3 Å². The fraction of sp³-hybridized carbons (Fsp3) is 0.278. The Morgan fingerprint density at radius 2 is 1.87 bits per heavy atom. The molecule has 1 N–H and O–H groups in total. The third-order valence-electron chi connectivity index (χ3n) is 3.39. The molecule has 0 saturated heterocycles. The van der Waals surface area contributed by atoms with Gasteiger partial charge in [0.2, 0.25) is 5.91 Å². The van der Waals surface area contributed by atoms with Gasteiger partial charge in [-0.2, -0.15) is 0 Å². The summed E-state index contributed by atoms with van der Waals surface area (Å²) < 4.78 is 10.8. The summed E-state index contributed by atoms with van der Waals surface area (Å²) in [6, 6.07) is 14.6. The maximum Gasteiger partial charge on any atom is 0.223 e. The van der Waals surface area contributed by atoms with E-state index in [9.17, 15) is 4.79 Å². The number of amides is 1. The molecule has 1 amide bonds. The molecule has 0 heterocycles. The Morgan fingerprint density at radius 3 is 2.57 bits per heavy atom. The maximum atomic E-state index is 12.0. The molecule has 0 aliphatic heterocycles. The van der Waals surface area contributed by atoms with Crippen LogP contribution in [0.4, 0.5) is 0 Å². The second-order valence-electron chi connectivity index (χ2n) is 5.08. The van der Waals surface area contributed by atoms with E-state index in [4.69, 9.17) is 21.1 Å². The van der Waals surface area contributed by atoms with Gasteiger partial charge in [-0.1, -0.05) is 29.8 Å². The Balaban J connectivity index is 1.81. The van der Waals surface area contributed by atoms with Gasteiger partial charge < -0.3 is 14.8 Å². The zero-order valence-corrected chi connectivity index (χ0v) is 14.0. The van der Waals surface area contributed by atoms with Crippen LogP contribution in [0, 0.1) is 0 Å². The highest BCUT2D eigenvalue weighted by molar-refractivity contribution is 6.30. The van der Waals surface area contributed by atoms with Crippen molar-refractivity contribution in [3.8, 4) is 11.5 Å². The summed E-state index contributed by atoms with van der Waals surface area (Å²) in [7, 11) is 1.62. The lowest BCUT2D eigenvalue weighted by molar-refractivity contribution is -0.122. The monoisotopic (exact) mass is 333 g/mol. The van der Waals surface area contributed by atoms with E-state index in [0.29, 0.717) is 17.4 Å². The van der Waals surface area contributed by atoms with Crippen LogP contribution in [0.25, 0.3) is 0 Å². The number of nitrogens with one attached hydrogen (secondary N) is 1. The summed E-state index contributed by atoms with van der Waals surface area (Å²) >= 11 is 5.81. The summed E-state index contributed by atoms with van der Waals surface area (Å²) in [6.45, 7) is 2.24. The lowest BCUT2D eigenvalue weighted by Gasteiger charge is -2.17. The van der Waals surface area contributed by atoms with E-state index in [0.717, 1.165) is 11.3 Å². The molecule has 0 bridgehead atoms. The molecule has 23 heavy (non-hydrogen) atoms. The molecule has 1 atom stereocenters. The number of carbonyl (C=O) groups excluding carboxylic acids is 1. The molecule has 2 rings (SSSR count). The first-order chi connectivity index (χ1) is 11.1. The quantitative estimate of drug-likeness (QED) is 0.833. The molecule has 0 fully saturated rings. The summed E-state index contributed by atoms with van der Waals surface area (Å²) in [5.41, 5.74) is 0.946. The van der Waals surface area contributed by atoms with Gasteiger partial charge in [0.05, 0.1) is 26.2 Å². The molecule has 122 valence electrons. The number of halogens is 1. The van der Waals surface area contributed by atoms with Crippen molar-refractivity contribution in [3.63, 3.8) is 0 Å². The summed E-state index contributed by atoms with van der Waals surface area (Å²) in [5.74, 6) is 1.38. The predicted octanol–water partition coefficient (Wildman–Crippen LogP) is 3.99. The highest BCUT2D eigenvalue weighted by Gasteiger charge is 2.13. The van der Waals surface area contributed by atoms with Crippen molar-refractivity contribution in [1.29, 1.82) is 0 Å². The van der Waals surface area contributed by atoms with E-state index in [2.05, 4.69) is 5.32 Å². The first-order valence-electron chi connectivity index (χ1n) is 7.41. The van der Waals surface area contributed by atoms with Gasteiger partial charge in [0.25, 0.3) is 0 Å². The zero-order valence-electron chi connectivity index (χ0n) is 13.2. The molecular weight excluding hydrogens is 314 g/mol. The van der Waals surface area contributed by atoms with Gasteiger partial charge in [-0.15, -0.1) is 0 Å². The first-order valence-corrected chi connectivity index (χ1v) is 7.78. The molecule has 0 saturated carbocycles. The molecule has 5 heteroatoms. The number of methoxy groups -OCH3 is 1. The van der Waals surface area contributed by atoms with Gasteiger partial charge in [0.15, 0.2) is 0 Å². The van der Waals surface area contributed by atoms with Crippen LogP contribution in [-0.4, -0.2) is 19.6 Å². The number of hydrogen-bond donors (Lipinski definition) is 1. The van der Waals surface area contributed by atoms with Crippen LogP contribution >= 0.6 is 11.6 Å². The number of para-hydroxylation sites is 1. The van der Waals surface area contributed by atoms with E-state index < -0.39 is 0 Å². The number of rotatable bonds is 7. The van der Waals surface area contributed by atoms with E-state index in [1.54, 1.807) is 31.4 Å². The van der Waals surface area contributed by atoms with Crippen molar-refractivity contribution in [2.45, 2.75) is 19.4 Å². The maximum absolute atomic E-state index is 12.0. The fourth-order valence-electron chi connectivity index (χ4n) is 2.21. The Hall–Kier alpha value is -2.20. The average Bonchev–Trinajstić information content (AvgIpc) is 2.56. The van der Waals surface area contributed by atoms with Gasteiger partial charge >= 0.3 is 0 Å². The summed E-state index contributed by atoms with van der Waals surface area (Å²) in [6.07, 6.45) is 0.280. The fourth-order valence-corrected chi connectivity index (χ4v) is 2.33. The second-order valence-corrected chi connectivity index (χ2v) is 5.52. The van der Waals surface area contributed by atoms with Gasteiger partial charge in [0, 0.05) is 10.6 Å². The van der Waals surface area contributed by atoms with Crippen molar-refractivity contribution in [2.24, 2.45) is 0 Å². The Morgan fingerprint density at radius 1 is 1.17 bits per heavy atom. The molecular formula is C18H20ClNO3. The van der Waals surface area contributed by atoms with Crippen molar-refractivity contribution in [3.05, 3.63) is 59.1 Å². The minimum Gasteiger partial charge on any atom is -0.496 e. The van der Waals surface area contributed by atoms with Crippen LogP contribution in [0.2, 0.25) is 5.02 Å². The third-order valence-corrected chi connectivity index (χ3v) is 3.65. The number of carbonyl (C=O) groups is 1. The lowest BCUT2D eigenvalue weighted by atomic mass is 10.1. The number of ether oxygens (including phenoxy) is 2. The molecule has 2 aromatic carbocycles. The molecule has 0 aromatic heterocycles. The van der Waals surface area contributed by atoms with Crippen LogP contribution in [0.15, 0.2) is 48.5 Å². The Bertz CT molecular complexity index is 643. The number of benzene rings is 2. The Labute approximate surface area is 141 Å². The summed E-state index contributed by atoms with van der Waals surface area (Å²) in [5, 5.41) is 3.60. The molecule has 0 radical (unpaired) electrons. The van der Waals surface area contributed by atoms with Crippen LogP contribution in [-0.2, 0) is 4.79 Å². The standard InChI is InChI=1S/C18H20ClNO3/c1-13(16-5-3-4-6-17(16)22-2)20-18(21)11-12-23-15-9-7-14(19)8-10-15/h3-10,13H,11-12H2,1-2H3,(H,20,21). The van der Waals surface area contributed by atoms with Crippen molar-refractivity contribution in [2.75, 3.05) is 13.7 Å². The normalized spacial score (nSPS) is 11.6. The highest BCUT2D eigenvalue weighted by Crippen LogP contribution is 2.24. The molecule has 0 spiro atoms. The van der Waals surface area contributed by atoms with E-state index in [1.165, 1.54) is 0 Å². The highest BCUT2D eigenvalue weighted by atomic mass is 35.5. The molecule has 0 aliphatic carbocycles. The van der Waals surface area contributed by atoms with E-state index in [-0.39, 0.29) is 18.4 Å². The Kier molecular flexibility index (Phi) is 6.29. The molecule has 2 aromatic rings. The van der Waals surface area contributed by atoms with E-state index >= 15 is 0 Å². The van der Waals surface area contributed by atoms with Crippen LogP contribution in [0.5, 0.6) is 11.5 Å². The minimum atomic E-state index is -0.130. The topological polar surface area (TPSA) is 47.6 Å². The van der Waals surface area contributed by atoms with Crippen LogP contribution in [0.3, 0.4) is 0 Å². The lowest BCUT2D eigenvalue weighted by Crippen LogP contribution is -2.28. The average molecular weight is 334 g/mol. The van der Waals surface area contributed by atoms with Crippen molar-refractivity contribution in [1.82, 2.24) is 5.32 Å². The molecule has 1 unspecified atom stereocenters. The predicted molar refractivity (Wildman–Crippen MR) is 91.1 cm³/mol.